The number of aryl methyl sites for hydroxylation is 1. The van der Waals surface area contributed by atoms with Crippen LogP contribution in [0.3, 0.4) is 0 Å². The molecule has 0 aliphatic heterocycles. The second-order valence-electron chi connectivity index (χ2n) is 4.42. The molecule has 0 saturated carbocycles. The molecule has 0 radical (unpaired) electrons. The maximum absolute atomic E-state index is 12.1. The number of amides is 2. The smallest absolute Gasteiger partial charge is 0.255 e. The van der Waals surface area contributed by atoms with Crippen LogP contribution in [0.25, 0.3) is 0 Å². The molecule has 0 saturated heterocycles. The van der Waals surface area contributed by atoms with Gasteiger partial charge in [0.05, 0.1) is 5.69 Å². The zero-order valence-electron chi connectivity index (χ0n) is 10.9. The summed E-state index contributed by atoms with van der Waals surface area (Å²) < 4.78 is 0. The lowest BCUT2D eigenvalue weighted by Crippen LogP contribution is -2.15. The van der Waals surface area contributed by atoms with Gasteiger partial charge in [0.1, 0.15) is 5.75 Å². The molecular formula is C15H14N2O3. The molecule has 4 N–H and O–H groups in total. The highest BCUT2D eigenvalue weighted by molar-refractivity contribution is 6.06. The SMILES string of the molecule is Cc1ccc(NC(=O)c2cccc(C(N)=O)c2)c(O)c1. The summed E-state index contributed by atoms with van der Waals surface area (Å²) in [6, 6.07) is 11.0. The molecule has 0 unspecified atom stereocenters. The van der Waals surface area contributed by atoms with Crippen LogP contribution in [0.5, 0.6) is 5.75 Å². The van der Waals surface area contributed by atoms with Gasteiger partial charge in [0.25, 0.3) is 5.91 Å². The Morgan fingerprint density at radius 2 is 1.80 bits per heavy atom. The Labute approximate surface area is 116 Å². The van der Waals surface area contributed by atoms with E-state index in [0.717, 1.165) is 5.56 Å². The van der Waals surface area contributed by atoms with Crippen LogP contribution in [0.1, 0.15) is 26.3 Å². The molecule has 0 atom stereocenters. The molecule has 2 rings (SSSR count). The first-order valence-electron chi connectivity index (χ1n) is 5.98. The Bertz CT molecular complexity index is 681. The van der Waals surface area contributed by atoms with Crippen molar-refractivity contribution in [2.24, 2.45) is 5.73 Å². The zero-order chi connectivity index (χ0) is 14.7. The van der Waals surface area contributed by atoms with Crippen molar-refractivity contribution in [3.8, 4) is 5.75 Å². The number of phenolic OH excluding ortho intramolecular Hbond substituents is 1. The van der Waals surface area contributed by atoms with Gasteiger partial charge in [0, 0.05) is 11.1 Å². The van der Waals surface area contributed by atoms with E-state index in [-0.39, 0.29) is 11.3 Å². The summed E-state index contributed by atoms with van der Waals surface area (Å²) in [7, 11) is 0. The Morgan fingerprint density at radius 3 is 2.45 bits per heavy atom. The van der Waals surface area contributed by atoms with Crippen LogP contribution in [-0.2, 0) is 0 Å². The quantitative estimate of drug-likeness (QED) is 0.745. The largest absolute Gasteiger partial charge is 0.506 e. The topological polar surface area (TPSA) is 92.4 Å². The maximum atomic E-state index is 12.1. The summed E-state index contributed by atoms with van der Waals surface area (Å²) >= 11 is 0. The highest BCUT2D eigenvalue weighted by Gasteiger charge is 2.10. The highest BCUT2D eigenvalue weighted by Crippen LogP contribution is 2.24. The predicted octanol–water partition coefficient (Wildman–Crippen LogP) is 2.05. The maximum Gasteiger partial charge on any atom is 0.255 e. The minimum absolute atomic E-state index is 0.00981. The average molecular weight is 270 g/mol. The molecule has 0 aromatic heterocycles. The minimum Gasteiger partial charge on any atom is -0.506 e. The Hall–Kier alpha value is -2.82. The number of benzene rings is 2. The summed E-state index contributed by atoms with van der Waals surface area (Å²) in [5, 5.41) is 12.3. The molecule has 0 fully saturated rings. The minimum atomic E-state index is -0.599. The number of nitrogens with one attached hydrogen (secondary N) is 1. The van der Waals surface area contributed by atoms with Gasteiger partial charge in [0.15, 0.2) is 0 Å². The van der Waals surface area contributed by atoms with Gasteiger partial charge in [-0.25, -0.2) is 0 Å². The van der Waals surface area contributed by atoms with Gasteiger partial charge in [-0.05, 0) is 42.8 Å². The predicted molar refractivity (Wildman–Crippen MR) is 75.8 cm³/mol. The molecule has 5 heteroatoms. The lowest BCUT2D eigenvalue weighted by Gasteiger charge is -2.08. The zero-order valence-corrected chi connectivity index (χ0v) is 10.9. The fraction of sp³-hybridized carbons (Fsp3) is 0.0667. The van der Waals surface area contributed by atoms with Gasteiger partial charge in [-0.15, -0.1) is 0 Å². The summed E-state index contributed by atoms with van der Waals surface area (Å²) in [5.74, 6) is -1.03. The molecule has 0 heterocycles. The van der Waals surface area contributed by atoms with E-state index in [9.17, 15) is 14.7 Å². The van der Waals surface area contributed by atoms with Crippen LogP contribution in [0, 0.1) is 6.92 Å². The van der Waals surface area contributed by atoms with E-state index in [4.69, 9.17) is 5.73 Å². The van der Waals surface area contributed by atoms with Crippen molar-refractivity contribution in [3.63, 3.8) is 0 Å². The molecule has 0 aliphatic carbocycles. The number of primary amides is 1. The van der Waals surface area contributed by atoms with Gasteiger partial charge < -0.3 is 16.2 Å². The van der Waals surface area contributed by atoms with Crippen LogP contribution in [0.15, 0.2) is 42.5 Å². The van der Waals surface area contributed by atoms with Crippen molar-refractivity contribution in [2.45, 2.75) is 6.92 Å². The number of hydrogen-bond acceptors (Lipinski definition) is 3. The summed E-state index contributed by atoms with van der Waals surface area (Å²) in [4.78, 5) is 23.1. The summed E-state index contributed by atoms with van der Waals surface area (Å²) in [5.41, 5.74) is 6.91. The van der Waals surface area contributed by atoms with Crippen LogP contribution in [0.4, 0.5) is 5.69 Å². The first-order chi connectivity index (χ1) is 9.47. The lowest BCUT2D eigenvalue weighted by atomic mass is 10.1. The molecule has 2 amide bonds. The fourth-order valence-corrected chi connectivity index (χ4v) is 1.76. The van der Waals surface area contributed by atoms with Gasteiger partial charge in [-0.3, -0.25) is 9.59 Å². The first kappa shape index (κ1) is 13.6. The monoisotopic (exact) mass is 270 g/mol. The number of phenols is 1. The molecule has 20 heavy (non-hydrogen) atoms. The number of carbonyl (C=O) groups is 2. The number of rotatable bonds is 3. The highest BCUT2D eigenvalue weighted by atomic mass is 16.3. The molecule has 2 aromatic carbocycles. The van der Waals surface area contributed by atoms with Crippen molar-refractivity contribution < 1.29 is 14.7 Å². The second-order valence-corrected chi connectivity index (χ2v) is 4.42. The first-order valence-corrected chi connectivity index (χ1v) is 5.98. The van der Waals surface area contributed by atoms with Crippen LogP contribution in [0.2, 0.25) is 0 Å². The van der Waals surface area contributed by atoms with E-state index in [0.29, 0.717) is 11.3 Å². The van der Waals surface area contributed by atoms with E-state index in [1.54, 1.807) is 30.3 Å². The van der Waals surface area contributed by atoms with E-state index < -0.39 is 11.8 Å². The second kappa shape index (κ2) is 5.44. The lowest BCUT2D eigenvalue weighted by molar-refractivity contribution is 0.1000. The number of aromatic hydroxyl groups is 1. The molecule has 102 valence electrons. The van der Waals surface area contributed by atoms with Crippen molar-refractivity contribution in [2.75, 3.05) is 5.32 Å². The normalized spacial score (nSPS) is 10.1. The molecule has 5 nitrogen and oxygen atoms in total. The standard InChI is InChI=1S/C15H14N2O3/c1-9-5-6-12(13(18)7-9)17-15(20)11-4-2-3-10(8-11)14(16)19/h2-8,18H,1H3,(H2,16,19)(H,17,20). The molecule has 0 spiro atoms. The van der Waals surface area contributed by atoms with Gasteiger partial charge >= 0.3 is 0 Å². The Kier molecular flexibility index (Phi) is 3.70. The third-order valence-electron chi connectivity index (χ3n) is 2.81. The van der Waals surface area contributed by atoms with E-state index in [2.05, 4.69) is 5.32 Å². The van der Waals surface area contributed by atoms with E-state index in [1.807, 2.05) is 6.92 Å². The number of nitrogens with two attached hydrogens (primary N) is 1. The fourth-order valence-electron chi connectivity index (χ4n) is 1.76. The van der Waals surface area contributed by atoms with Crippen LogP contribution < -0.4 is 11.1 Å². The van der Waals surface area contributed by atoms with Crippen molar-refractivity contribution >= 4 is 17.5 Å². The number of anilines is 1. The van der Waals surface area contributed by atoms with Gasteiger partial charge in [-0.1, -0.05) is 12.1 Å². The molecule has 0 bridgehead atoms. The van der Waals surface area contributed by atoms with Crippen LogP contribution in [-0.4, -0.2) is 16.9 Å². The third kappa shape index (κ3) is 2.95. The van der Waals surface area contributed by atoms with Gasteiger partial charge in [-0.2, -0.15) is 0 Å². The Morgan fingerprint density at radius 1 is 1.10 bits per heavy atom. The number of hydrogen-bond donors (Lipinski definition) is 3. The molecule has 0 aliphatic rings. The van der Waals surface area contributed by atoms with E-state index >= 15 is 0 Å². The van der Waals surface area contributed by atoms with Crippen molar-refractivity contribution in [1.82, 2.24) is 0 Å². The van der Waals surface area contributed by atoms with Gasteiger partial charge in [0.2, 0.25) is 5.91 Å². The Balaban J connectivity index is 2.24. The average Bonchev–Trinajstić information content (AvgIpc) is 2.42. The summed E-state index contributed by atoms with van der Waals surface area (Å²) in [6.07, 6.45) is 0. The summed E-state index contributed by atoms with van der Waals surface area (Å²) in [6.45, 7) is 1.83. The third-order valence-corrected chi connectivity index (χ3v) is 2.81. The molecule has 2 aromatic rings. The van der Waals surface area contributed by atoms with Crippen molar-refractivity contribution in [3.05, 3.63) is 59.2 Å². The molecular weight excluding hydrogens is 256 g/mol. The van der Waals surface area contributed by atoms with Crippen LogP contribution >= 0.6 is 0 Å². The number of carbonyl (C=O) groups excluding carboxylic acids is 2. The van der Waals surface area contributed by atoms with E-state index in [1.165, 1.54) is 12.1 Å². The van der Waals surface area contributed by atoms with Crippen molar-refractivity contribution in [1.29, 1.82) is 0 Å².